The van der Waals surface area contributed by atoms with Gasteiger partial charge in [0.15, 0.2) is 0 Å². The van der Waals surface area contributed by atoms with Crippen molar-refractivity contribution < 1.29 is 19.0 Å². The van der Waals surface area contributed by atoms with Crippen molar-refractivity contribution in [1.29, 1.82) is 0 Å². The first-order valence-electron chi connectivity index (χ1n) is 9.26. The topological polar surface area (TPSA) is 48.0 Å². The zero-order chi connectivity index (χ0) is 20.5. The van der Waals surface area contributed by atoms with Gasteiger partial charge in [0, 0.05) is 6.07 Å². The van der Waals surface area contributed by atoms with Gasteiger partial charge >= 0.3 is 6.09 Å². The van der Waals surface area contributed by atoms with E-state index in [1.54, 1.807) is 19.1 Å². The molecular formula is C22H26BrNO4. The summed E-state index contributed by atoms with van der Waals surface area (Å²) in [5.74, 6) is 1.44. The van der Waals surface area contributed by atoms with Crippen LogP contribution in [0.3, 0.4) is 0 Å². The van der Waals surface area contributed by atoms with Crippen LogP contribution in [0.15, 0.2) is 40.9 Å². The Bertz CT molecular complexity index is 875. The average molecular weight is 448 g/mol. The number of anilines is 1. The van der Waals surface area contributed by atoms with E-state index >= 15 is 0 Å². The van der Waals surface area contributed by atoms with Gasteiger partial charge in [-0.15, -0.1) is 0 Å². The average Bonchev–Trinajstić information content (AvgIpc) is 2.65. The minimum Gasteiger partial charge on any atom is -0.497 e. The summed E-state index contributed by atoms with van der Waals surface area (Å²) in [6, 6.07) is 11.6. The van der Waals surface area contributed by atoms with Gasteiger partial charge in [0.1, 0.15) is 17.1 Å². The maximum atomic E-state index is 13.2. The van der Waals surface area contributed by atoms with Gasteiger partial charge in [-0.25, -0.2) is 4.79 Å². The predicted molar refractivity (Wildman–Crippen MR) is 113 cm³/mol. The number of carbonyl (C=O) groups is 1. The van der Waals surface area contributed by atoms with E-state index in [-0.39, 0.29) is 12.1 Å². The fraction of sp³-hybridized carbons (Fsp3) is 0.409. The van der Waals surface area contributed by atoms with E-state index in [4.69, 9.17) is 14.2 Å². The Morgan fingerprint density at radius 1 is 1.14 bits per heavy atom. The van der Waals surface area contributed by atoms with Gasteiger partial charge in [0.2, 0.25) is 0 Å². The molecule has 3 rings (SSSR count). The predicted octanol–water partition coefficient (Wildman–Crippen LogP) is 5.90. The van der Waals surface area contributed by atoms with Crippen molar-refractivity contribution in [2.24, 2.45) is 0 Å². The molecule has 0 radical (unpaired) electrons. The van der Waals surface area contributed by atoms with Crippen molar-refractivity contribution in [2.75, 3.05) is 19.1 Å². The lowest BCUT2D eigenvalue weighted by Crippen LogP contribution is -2.42. The van der Waals surface area contributed by atoms with Crippen LogP contribution in [0.25, 0.3) is 0 Å². The summed E-state index contributed by atoms with van der Waals surface area (Å²) in [6.07, 6.45) is 1.27. The number of nitrogens with zero attached hydrogens (tertiary/aromatic N) is 1. The van der Waals surface area contributed by atoms with E-state index < -0.39 is 5.60 Å². The molecule has 5 nitrogen and oxygen atoms in total. The molecule has 0 saturated heterocycles. The molecule has 0 saturated carbocycles. The molecule has 0 bridgehead atoms. The summed E-state index contributed by atoms with van der Waals surface area (Å²) in [5, 5.41) is 0. The van der Waals surface area contributed by atoms with Gasteiger partial charge in [0.25, 0.3) is 0 Å². The van der Waals surface area contributed by atoms with E-state index in [0.717, 1.165) is 39.9 Å². The van der Waals surface area contributed by atoms with Gasteiger partial charge in [-0.05, 0) is 78.9 Å². The van der Waals surface area contributed by atoms with Crippen LogP contribution in [0.1, 0.15) is 44.4 Å². The van der Waals surface area contributed by atoms with E-state index in [1.807, 2.05) is 57.2 Å². The molecule has 2 aromatic carbocycles. The maximum absolute atomic E-state index is 13.2. The highest BCUT2D eigenvalue weighted by Crippen LogP contribution is 2.44. The molecule has 2 aromatic rings. The van der Waals surface area contributed by atoms with Crippen LogP contribution in [-0.2, 0) is 11.2 Å². The van der Waals surface area contributed by atoms with Gasteiger partial charge in [-0.3, -0.25) is 4.90 Å². The summed E-state index contributed by atoms with van der Waals surface area (Å²) in [6.45, 7) is 5.62. The molecule has 28 heavy (non-hydrogen) atoms. The number of benzene rings is 2. The van der Waals surface area contributed by atoms with Crippen LogP contribution in [-0.4, -0.2) is 25.9 Å². The summed E-state index contributed by atoms with van der Waals surface area (Å²) < 4.78 is 17.5. The van der Waals surface area contributed by atoms with Crippen molar-refractivity contribution in [3.05, 3.63) is 52.0 Å². The van der Waals surface area contributed by atoms with Gasteiger partial charge < -0.3 is 14.2 Å². The molecule has 0 N–H and O–H groups in total. The Hall–Kier alpha value is -2.21. The third-order valence-corrected chi connectivity index (χ3v) is 5.30. The molecule has 1 aliphatic rings. The van der Waals surface area contributed by atoms with Gasteiger partial charge in [0.05, 0.1) is 30.4 Å². The van der Waals surface area contributed by atoms with Crippen molar-refractivity contribution >= 4 is 27.7 Å². The molecule has 1 atom stereocenters. The van der Waals surface area contributed by atoms with Crippen LogP contribution in [0, 0.1) is 0 Å². The Labute approximate surface area is 174 Å². The fourth-order valence-electron chi connectivity index (χ4n) is 3.46. The van der Waals surface area contributed by atoms with Crippen LogP contribution in [0.5, 0.6) is 11.5 Å². The van der Waals surface area contributed by atoms with Gasteiger partial charge in [-0.1, -0.05) is 12.1 Å². The zero-order valence-corrected chi connectivity index (χ0v) is 18.5. The normalized spacial score (nSPS) is 16.4. The standard InChI is InChI=1S/C22H26BrNO4/c1-22(2,3)28-21(25)24-18(14-7-6-8-16(11-14)26-4)10-9-15-12-17(23)20(27-5)13-19(15)24/h6-8,11-13,18H,9-10H2,1-5H3. The third kappa shape index (κ3) is 4.27. The van der Waals surface area contributed by atoms with Crippen molar-refractivity contribution in [2.45, 2.75) is 45.3 Å². The molecule has 0 spiro atoms. The number of amides is 1. The lowest BCUT2D eigenvalue weighted by Gasteiger charge is -2.38. The monoisotopic (exact) mass is 447 g/mol. The second-order valence-electron chi connectivity index (χ2n) is 7.80. The van der Waals surface area contributed by atoms with Crippen LogP contribution in [0.2, 0.25) is 0 Å². The smallest absolute Gasteiger partial charge is 0.415 e. The van der Waals surface area contributed by atoms with Crippen molar-refractivity contribution in [3.8, 4) is 11.5 Å². The highest BCUT2D eigenvalue weighted by atomic mass is 79.9. The summed E-state index contributed by atoms with van der Waals surface area (Å²) in [4.78, 5) is 15.0. The second kappa shape index (κ2) is 8.03. The first-order chi connectivity index (χ1) is 13.2. The van der Waals surface area contributed by atoms with Crippen molar-refractivity contribution in [3.63, 3.8) is 0 Å². The molecule has 0 aliphatic carbocycles. The summed E-state index contributed by atoms with van der Waals surface area (Å²) >= 11 is 3.54. The molecule has 1 aliphatic heterocycles. The fourth-order valence-corrected chi connectivity index (χ4v) is 4.01. The highest BCUT2D eigenvalue weighted by Gasteiger charge is 2.36. The first-order valence-corrected chi connectivity index (χ1v) is 10.1. The Morgan fingerprint density at radius 2 is 1.89 bits per heavy atom. The van der Waals surface area contributed by atoms with Crippen LogP contribution < -0.4 is 14.4 Å². The summed E-state index contributed by atoms with van der Waals surface area (Å²) in [7, 11) is 3.26. The lowest BCUT2D eigenvalue weighted by molar-refractivity contribution is 0.0560. The van der Waals surface area contributed by atoms with Crippen molar-refractivity contribution in [1.82, 2.24) is 0 Å². The number of fused-ring (bicyclic) bond motifs is 1. The lowest BCUT2D eigenvalue weighted by atomic mass is 9.91. The van der Waals surface area contributed by atoms with E-state index in [2.05, 4.69) is 15.9 Å². The van der Waals surface area contributed by atoms with Crippen LogP contribution >= 0.6 is 15.9 Å². The van der Waals surface area contributed by atoms with E-state index in [9.17, 15) is 4.79 Å². The quantitative estimate of drug-likeness (QED) is 0.587. The molecule has 6 heteroatoms. The Kier molecular flexibility index (Phi) is 5.89. The number of ether oxygens (including phenoxy) is 3. The molecular weight excluding hydrogens is 422 g/mol. The molecule has 0 aromatic heterocycles. The number of hydrogen-bond donors (Lipinski definition) is 0. The third-order valence-electron chi connectivity index (χ3n) is 4.68. The second-order valence-corrected chi connectivity index (χ2v) is 8.65. The minimum atomic E-state index is -0.590. The number of carbonyl (C=O) groups excluding carboxylic acids is 1. The zero-order valence-electron chi connectivity index (χ0n) is 16.9. The van der Waals surface area contributed by atoms with Gasteiger partial charge in [-0.2, -0.15) is 0 Å². The minimum absolute atomic E-state index is 0.150. The van der Waals surface area contributed by atoms with E-state index in [1.165, 1.54) is 0 Å². The largest absolute Gasteiger partial charge is 0.497 e. The SMILES string of the molecule is COc1cccc(C2CCc3cc(Br)c(OC)cc3N2C(=O)OC(C)(C)C)c1. The maximum Gasteiger partial charge on any atom is 0.415 e. The summed E-state index contributed by atoms with van der Waals surface area (Å²) in [5.41, 5.74) is 2.32. The Balaban J connectivity index is 2.10. The molecule has 1 heterocycles. The number of methoxy groups -OCH3 is 2. The molecule has 1 unspecified atom stereocenters. The van der Waals surface area contributed by atoms with E-state index in [0.29, 0.717) is 5.75 Å². The molecule has 150 valence electrons. The van der Waals surface area contributed by atoms with Crippen LogP contribution in [0.4, 0.5) is 10.5 Å². The number of rotatable bonds is 3. The number of aryl methyl sites for hydroxylation is 1. The number of halogens is 1. The highest BCUT2D eigenvalue weighted by molar-refractivity contribution is 9.10. The first kappa shape index (κ1) is 20.5. The number of hydrogen-bond acceptors (Lipinski definition) is 4. The molecule has 1 amide bonds. The molecule has 0 fully saturated rings. The Morgan fingerprint density at radius 3 is 2.54 bits per heavy atom.